The summed E-state index contributed by atoms with van der Waals surface area (Å²) in [5.74, 6) is 1.02. The van der Waals surface area contributed by atoms with Crippen molar-refractivity contribution in [3.63, 3.8) is 0 Å². The summed E-state index contributed by atoms with van der Waals surface area (Å²) >= 11 is 0. The maximum Gasteiger partial charge on any atom is 0.330 e. The highest BCUT2D eigenvalue weighted by Crippen LogP contribution is 2.43. The van der Waals surface area contributed by atoms with Crippen molar-refractivity contribution >= 4 is 22.7 Å². The lowest BCUT2D eigenvalue weighted by atomic mass is 10.1. The minimum absolute atomic E-state index is 0.0525. The predicted octanol–water partition coefficient (Wildman–Crippen LogP) is 4.85. The van der Waals surface area contributed by atoms with Crippen LogP contribution in [0.4, 0.5) is 0 Å². The molecule has 0 bridgehead atoms. The van der Waals surface area contributed by atoms with Crippen LogP contribution in [-0.2, 0) is 19.1 Å². The van der Waals surface area contributed by atoms with E-state index in [0.29, 0.717) is 23.0 Å². The molecule has 7 nitrogen and oxygen atoms in total. The van der Waals surface area contributed by atoms with Crippen LogP contribution in [0.3, 0.4) is 0 Å². The minimum atomic E-state index is -0.523. The third kappa shape index (κ3) is 6.61. The van der Waals surface area contributed by atoms with Crippen LogP contribution in [-0.4, -0.2) is 38.4 Å². The number of rotatable bonds is 12. The van der Waals surface area contributed by atoms with Gasteiger partial charge in [0.25, 0.3) is 0 Å². The summed E-state index contributed by atoms with van der Waals surface area (Å²) in [6.07, 6.45) is 2.19. The molecular weight excluding hydrogens is 424 g/mol. The molecular formula is C26H24O7. The molecule has 0 heterocycles. The summed E-state index contributed by atoms with van der Waals surface area (Å²) in [6, 6.07) is 18.5. The van der Waals surface area contributed by atoms with Gasteiger partial charge in [0.05, 0.1) is 0 Å². The molecule has 3 aromatic rings. The number of esters is 2. The van der Waals surface area contributed by atoms with Gasteiger partial charge in [-0.15, -0.1) is 0 Å². The van der Waals surface area contributed by atoms with Gasteiger partial charge in [-0.3, -0.25) is 0 Å². The van der Waals surface area contributed by atoms with Crippen molar-refractivity contribution in [3.05, 3.63) is 86.0 Å². The fourth-order valence-electron chi connectivity index (χ4n) is 2.95. The summed E-state index contributed by atoms with van der Waals surface area (Å²) in [5, 5.41) is 1.53. The Kier molecular flexibility index (Phi) is 8.48. The molecule has 0 saturated carbocycles. The molecule has 33 heavy (non-hydrogen) atoms. The molecule has 0 aromatic heterocycles. The van der Waals surface area contributed by atoms with Crippen molar-refractivity contribution in [2.45, 2.75) is 0 Å². The fraction of sp³-hybridized carbons (Fsp3) is 0.154. The van der Waals surface area contributed by atoms with E-state index in [0.717, 1.165) is 22.9 Å². The Morgan fingerprint density at radius 3 is 1.91 bits per heavy atom. The van der Waals surface area contributed by atoms with Crippen molar-refractivity contribution in [2.24, 2.45) is 0 Å². The first-order valence-corrected chi connectivity index (χ1v) is 10.2. The molecule has 3 aromatic carbocycles. The van der Waals surface area contributed by atoms with Crippen LogP contribution in [0.1, 0.15) is 0 Å². The normalized spacial score (nSPS) is 10.2. The molecule has 0 fully saturated rings. The summed E-state index contributed by atoms with van der Waals surface area (Å²) in [7, 11) is 0. The fourth-order valence-corrected chi connectivity index (χ4v) is 2.95. The molecule has 0 saturated heterocycles. The second-order valence-corrected chi connectivity index (χ2v) is 6.60. The van der Waals surface area contributed by atoms with Crippen molar-refractivity contribution < 1.29 is 33.3 Å². The van der Waals surface area contributed by atoms with Crippen molar-refractivity contribution in [2.75, 3.05) is 26.4 Å². The average molecular weight is 448 g/mol. The van der Waals surface area contributed by atoms with Crippen LogP contribution in [0.2, 0.25) is 0 Å². The highest BCUT2D eigenvalue weighted by Gasteiger charge is 2.17. The number of fused-ring (bicyclic) bond motifs is 1. The second kappa shape index (κ2) is 12.0. The van der Waals surface area contributed by atoms with Crippen LogP contribution in [0, 0.1) is 0 Å². The predicted molar refractivity (Wildman–Crippen MR) is 124 cm³/mol. The third-order valence-corrected chi connectivity index (χ3v) is 4.39. The topological polar surface area (TPSA) is 80.3 Å². The van der Waals surface area contributed by atoms with E-state index in [1.807, 2.05) is 54.6 Å². The van der Waals surface area contributed by atoms with E-state index in [-0.39, 0.29) is 26.4 Å². The lowest BCUT2D eigenvalue weighted by molar-refractivity contribution is -0.139. The first-order valence-electron chi connectivity index (χ1n) is 10.2. The molecule has 0 spiro atoms. The smallest absolute Gasteiger partial charge is 0.330 e. The van der Waals surface area contributed by atoms with Gasteiger partial charge in [-0.25, -0.2) is 9.59 Å². The summed E-state index contributed by atoms with van der Waals surface area (Å²) in [6.45, 7) is 7.12. The SMILES string of the molecule is C=CC(=O)OCCOc1cc(Oc2ccccc2)c(OCCOC(=O)C=C)c2ccccc12. The van der Waals surface area contributed by atoms with Crippen molar-refractivity contribution in [1.82, 2.24) is 0 Å². The number of ether oxygens (including phenoxy) is 5. The van der Waals surface area contributed by atoms with Gasteiger partial charge >= 0.3 is 11.9 Å². The molecule has 170 valence electrons. The van der Waals surface area contributed by atoms with Gasteiger partial charge < -0.3 is 23.7 Å². The van der Waals surface area contributed by atoms with E-state index in [9.17, 15) is 9.59 Å². The van der Waals surface area contributed by atoms with Crippen LogP contribution in [0.15, 0.2) is 86.0 Å². The second-order valence-electron chi connectivity index (χ2n) is 6.60. The highest BCUT2D eigenvalue weighted by molar-refractivity contribution is 5.95. The Balaban J connectivity index is 1.89. The highest BCUT2D eigenvalue weighted by atomic mass is 16.6. The van der Waals surface area contributed by atoms with Crippen LogP contribution in [0.25, 0.3) is 10.8 Å². The number of carbonyl (C=O) groups is 2. The molecule has 0 amide bonds. The molecule has 3 rings (SSSR count). The summed E-state index contributed by atoms with van der Waals surface area (Å²) < 4.78 is 27.9. The van der Waals surface area contributed by atoms with Crippen LogP contribution >= 0.6 is 0 Å². The quantitative estimate of drug-likeness (QED) is 0.223. The molecule has 0 N–H and O–H groups in total. The number of para-hydroxylation sites is 1. The molecule has 0 atom stereocenters. The van der Waals surface area contributed by atoms with Gasteiger partial charge in [0.15, 0.2) is 11.5 Å². The number of hydrogen-bond donors (Lipinski definition) is 0. The average Bonchev–Trinajstić information content (AvgIpc) is 2.85. The molecule has 7 heteroatoms. The van der Waals surface area contributed by atoms with E-state index in [4.69, 9.17) is 23.7 Å². The zero-order chi connectivity index (χ0) is 23.5. The number of carbonyl (C=O) groups excluding carboxylic acids is 2. The first kappa shape index (κ1) is 23.4. The summed E-state index contributed by atoms with van der Waals surface area (Å²) in [4.78, 5) is 22.6. The molecule has 0 aliphatic carbocycles. The Morgan fingerprint density at radius 2 is 1.27 bits per heavy atom. The van der Waals surface area contributed by atoms with E-state index in [1.54, 1.807) is 6.07 Å². The Morgan fingerprint density at radius 1 is 0.697 bits per heavy atom. The summed E-state index contributed by atoms with van der Waals surface area (Å²) in [5.41, 5.74) is 0. The van der Waals surface area contributed by atoms with Crippen molar-refractivity contribution in [1.29, 1.82) is 0 Å². The van der Waals surface area contributed by atoms with Gasteiger partial charge in [0, 0.05) is 29.0 Å². The lowest BCUT2D eigenvalue weighted by Crippen LogP contribution is -2.12. The van der Waals surface area contributed by atoms with Crippen LogP contribution < -0.4 is 14.2 Å². The Labute approximate surface area is 191 Å². The van der Waals surface area contributed by atoms with Crippen molar-refractivity contribution in [3.8, 4) is 23.0 Å². The van der Waals surface area contributed by atoms with Gasteiger partial charge in [-0.05, 0) is 12.1 Å². The van der Waals surface area contributed by atoms with Gasteiger partial charge in [-0.1, -0.05) is 55.6 Å². The lowest BCUT2D eigenvalue weighted by Gasteiger charge is -2.18. The third-order valence-electron chi connectivity index (χ3n) is 4.39. The van der Waals surface area contributed by atoms with Gasteiger partial charge in [0.1, 0.15) is 37.9 Å². The van der Waals surface area contributed by atoms with E-state index in [2.05, 4.69) is 13.2 Å². The first-order chi connectivity index (χ1) is 16.1. The Bertz CT molecular complexity index is 1120. The Hall–Kier alpha value is -4.26. The maximum absolute atomic E-state index is 11.3. The molecule has 0 unspecified atom stereocenters. The molecule has 0 aliphatic heterocycles. The largest absolute Gasteiger partial charge is 0.489 e. The standard InChI is InChI=1S/C26H24O7/c1-3-24(27)30-15-14-29-22-18-23(33-19-10-6-5-7-11-19)26(21-13-9-8-12-20(21)22)32-17-16-31-25(28)4-2/h3-13,18H,1-2,14-17H2. The number of hydrogen-bond acceptors (Lipinski definition) is 7. The zero-order valence-corrected chi connectivity index (χ0v) is 18.0. The monoisotopic (exact) mass is 448 g/mol. The minimum Gasteiger partial charge on any atom is -0.489 e. The van der Waals surface area contributed by atoms with Gasteiger partial charge in [0.2, 0.25) is 0 Å². The van der Waals surface area contributed by atoms with Gasteiger partial charge in [-0.2, -0.15) is 0 Å². The molecule has 0 aliphatic rings. The van der Waals surface area contributed by atoms with Crippen LogP contribution in [0.5, 0.6) is 23.0 Å². The maximum atomic E-state index is 11.3. The number of benzene rings is 3. The van der Waals surface area contributed by atoms with E-state index >= 15 is 0 Å². The van der Waals surface area contributed by atoms with E-state index < -0.39 is 11.9 Å². The molecule has 0 radical (unpaired) electrons. The van der Waals surface area contributed by atoms with E-state index in [1.165, 1.54) is 0 Å². The zero-order valence-electron chi connectivity index (χ0n) is 18.0.